The van der Waals surface area contributed by atoms with Crippen LogP contribution < -0.4 is 4.72 Å². The summed E-state index contributed by atoms with van der Waals surface area (Å²) in [6, 6.07) is 10.9. The molecule has 2 heterocycles. The van der Waals surface area contributed by atoms with Gasteiger partial charge in [0.25, 0.3) is 10.0 Å². The Morgan fingerprint density at radius 2 is 1.60 bits per heavy atom. The number of ether oxygens (including phenoxy) is 1. The Labute approximate surface area is 254 Å². The molecule has 2 aliphatic rings. The Hall–Kier alpha value is -2.52. The zero-order valence-electron chi connectivity index (χ0n) is 25.6. The highest BCUT2D eigenvalue weighted by Gasteiger charge is 2.34. The number of carbonyl (C=O) groups excluding carboxylic acids is 1. The lowest BCUT2D eigenvalue weighted by Crippen LogP contribution is -2.32. The van der Waals surface area contributed by atoms with Crippen LogP contribution in [-0.4, -0.2) is 26.0 Å². The number of fused-ring (bicyclic) bond motifs is 2. The molecular weight excluding hydrogens is 567 g/mol. The summed E-state index contributed by atoms with van der Waals surface area (Å²) in [7, 11) is -4.09. The monoisotopic (exact) mass is 609 g/mol. The van der Waals surface area contributed by atoms with E-state index < -0.39 is 21.5 Å². The van der Waals surface area contributed by atoms with Crippen LogP contribution in [0.2, 0.25) is 0 Å². The highest BCUT2D eigenvalue weighted by Crippen LogP contribution is 2.42. The quantitative estimate of drug-likeness (QED) is 0.290. The third-order valence-corrected chi connectivity index (χ3v) is 12.0. The number of benzene rings is 2. The second-order valence-corrected chi connectivity index (χ2v) is 15.8. The first-order chi connectivity index (χ1) is 19.8. The lowest BCUT2D eigenvalue weighted by atomic mass is 9.83. The van der Waals surface area contributed by atoms with Gasteiger partial charge in [-0.25, -0.2) is 13.1 Å². The average molecular weight is 610 g/mol. The van der Waals surface area contributed by atoms with Gasteiger partial charge < -0.3 is 9.84 Å². The van der Waals surface area contributed by atoms with Crippen molar-refractivity contribution in [1.29, 1.82) is 0 Å². The van der Waals surface area contributed by atoms with Gasteiger partial charge in [-0.3, -0.25) is 4.79 Å². The molecule has 0 saturated carbocycles. The molecule has 0 bridgehead atoms. The fourth-order valence-electron chi connectivity index (χ4n) is 6.37. The van der Waals surface area contributed by atoms with E-state index in [9.17, 15) is 18.3 Å². The van der Waals surface area contributed by atoms with Crippen LogP contribution in [0.4, 0.5) is 0 Å². The van der Waals surface area contributed by atoms with Crippen LogP contribution >= 0.6 is 11.3 Å². The lowest BCUT2D eigenvalue weighted by molar-refractivity contribution is -0.118. The number of sulfonamides is 1. The Kier molecular flexibility index (Phi) is 8.74. The van der Waals surface area contributed by atoms with E-state index in [-0.39, 0.29) is 22.5 Å². The number of thiophene rings is 1. The zero-order valence-corrected chi connectivity index (χ0v) is 27.2. The highest BCUT2D eigenvalue weighted by molar-refractivity contribution is 7.92. The molecule has 3 aromatic rings. The summed E-state index contributed by atoms with van der Waals surface area (Å²) in [6.07, 6.45) is 4.14. The molecule has 1 aliphatic carbocycles. The highest BCUT2D eigenvalue weighted by atomic mass is 32.2. The Balaban J connectivity index is 1.48. The summed E-state index contributed by atoms with van der Waals surface area (Å²) in [6.45, 7) is 13.2. The minimum Gasteiger partial charge on any atom is -0.385 e. The molecule has 0 radical (unpaired) electrons. The number of rotatable bonds is 8. The van der Waals surface area contributed by atoms with E-state index in [2.05, 4.69) is 62.7 Å². The van der Waals surface area contributed by atoms with Crippen molar-refractivity contribution in [2.45, 2.75) is 108 Å². The first kappa shape index (κ1) is 30.9. The van der Waals surface area contributed by atoms with Crippen molar-refractivity contribution in [2.75, 3.05) is 6.61 Å². The van der Waals surface area contributed by atoms with Crippen LogP contribution in [0.5, 0.6) is 0 Å². The molecule has 0 unspecified atom stereocenters. The van der Waals surface area contributed by atoms with Crippen molar-refractivity contribution in [3.63, 3.8) is 0 Å². The first-order valence-electron chi connectivity index (χ1n) is 15.1. The van der Waals surface area contributed by atoms with E-state index in [0.717, 1.165) is 82.6 Å². The predicted molar refractivity (Wildman–Crippen MR) is 169 cm³/mol. The van der Waals surface area contributed by atoms with Gasteiger partial charge in [-0.15, -0.1) is 11.3 Å². The van der Waals surface area contributed by atoms with Crippen LogP contribution in [0.15, 0.2) is 34.5 Å². The smallest absolute Gasteiger partial charge is 0.273 e. The number of aliphatic hydroxyl groups is 1. The summed E-state index contributed by atoms with van der Waals surface area (Å²) in [5.41, 5.74) is 8.30. The third-order valence-electron chi connectivity index (χ3n) is 8.44. The summed E-state index contributed by atoms with van der Waals surface area (Å²) in [5, 5.41) is 10.8. The van der Waals surface area contributed by atoms with Gasteiger partial charge in [0.05, 0.1) is 25.2 Å². The van der Waals surface area contributed by atoms with Gasteiger partial charge in [0.15, 0.2) is 0 Å². The van der Waals surface area contributed by atoms with Gasteiger partial charge in [0, 0.05) is 4.88 Å². The minimum absolute atomic E-state index is 0.0233. The van der Waals surface area contributed by atoms with Gasteiger partial charge in [0.1, 0.15) is 4.21 Å². The van der Waals surface area contributed by atoms with E-state index >= 15 is 0 Å². The molecule has 8 heteroatoms. The summed E-state index contributed by atoms with van der Waals surface area (Å²) >= 11 is 1.10. The molecule has 6 nitrogen and oxygen atoms in total. The van der Waals surface area contributed by atoms with Crippen LogP contribution in [0.3, 0.4) is 0 Å². The minimum atomic E-state index is -4.09. The van der Waals surface area contributed by atoms with Crippen molar-refractivity contribution in [3.05, 3.63) is 74.2 Å². The lowest BCUT2D eigenvalue weighted by Gasteiger charge is -2.23. The molecule has 0 atom stereocenters. The van der Waals surface area contributed by atoms with Crippen molar-refractivity contribution < 1.29 is 23.1 Å². The molecule has 2 N–H and O–H groups in total. The van der Waals surface area contributed by atoms with Crippen LogP contribution in [-0.2, 0) is 57.4 Å². The molecule has 1 aromatic heterocycles. The normalized spacial score (nSPS) is 15.5. The maximum Gasteiger partial charge on any atom is 0.273 e. The molecule has 0 fully saturated rings. The molecule has 2 aromatic carbocycles. The SMILES string of the molecule is CC(C)c1cc(-c2ccc3c(c2)COCC3)cc(C(C)C)c1CC(=O)NS(=O)(=O)c1sc(C(C)(C)O)c2c1CCCC2. The fraction of sp³-hybridized carbons (Fsp3) is 0.500. The molecule has 5 rings (SSSR count). The number of hydrogen-bond acceptors (Lipinski definition) is 6. The summed E-state index contributed by atoms with van der Waals surface area (Å²) in [4.78, 5) is 14.2. The first-order valence-corrected chi connectivity index (χ1v) is 17.4. The van der Waals surface area contributed by atoms with E-state index in [1.165, 1.54) is 11.1 Å². The Morgan fingerprint density at radius 1 is 0.952 bits per heavy atom. The molecule has 0 saturated heterocycles. The zero-order chi connectivity index (χ0) is 30.4. The van der Waals surface area contributed by atoms with Crippen LogP contribution in [0.25, 0.3) is 11.1 Å². The largest absolute Gasteiger partial charge is 0.385 e. The topological polar surface area (TPSA) is 92.7 Å². The Bertz CT molecular complexity index is 1580. The number of nitrogens with one attached hydrogen (secondary N) is 1. The van der Waals surface area contributed by atoms with Crippen LogP contribution in [0, 0.1) is 0 Å². The van der Waals surface area contributed by atoms with Crippen molar-refractivity contribution >= 4 is 27.3 Å². The second-order valence-electron chi connectivity index (χ2n) is 12.9. The summed E-state index contributed by atoms with van der Waals surface area (Å²) in [5.74, 6) is -0.261. The van der Waals surface area contributed by atoms with E-state index in [4.69, 9.17) is 4.74 Å². The molecular formula is C34H43NO5S2. The third kappa shape index (κ3) is 6.23. The van der Waals surface area contributed by atoms with E-state index in [1.807, 2.05) is 0 Å². The number of hydrogen-bond donors (Lipinski definition) is 2. The maximum absolute atomic E-state index is 13.6. The van der Waals surface area contributed by atoms with Gasteiger partial charge in [-0.1, -0.05) is 52.0 Å². The standard InChI is InChI=1S/C34H43NO5S2/c1-20(2)28-16-24(23-12-11-22-13-14-40-19-25(22)15-23)17-29(21(3)4)30(28)18-31(36)35-42(38,39)33-27-10-8-7-9-26(27)32(41-33)34(5,6)37/h11-12,15-17,20-21,37H,7-10,13-14,18-19H2,1-6H3,(H,35,36). The van der Waals surface area contributed by atoms with E-state index in [1.54, 1.807) is 13.8 Å². The van der Waals surface area contributed by atoms with Gasteiger partial charge in [-0.05, 0) is 114 Å². The van der Waals surface area contributed by atoms with Crippen molar-refractivity contribution in [3.8, 4) is 11.1 Å². The van der Waals surface area contributed by atoms with Gasteiger partial charge in [-0.2, -0.15) is 0 Å². The van der Waals surface area contributed by atoms with Crippen molar-refractivity contribution in [1.82, 2.24) is 4.72 Å². The maximum atomic E-state index is 13.6. The molecule has 1 amide bonds. The van der Waals surface area contributed by atoms with Gasteiger partial charge in [0.2, 0.25) is 5.91 Å². The van der Waals surface area contributed by atoms with Crippen molar-refractivity contribution in [2.24, 2.45) is 0 Å². The molecule has 0 spiro atoms. The van der Waals surface area contributed by atoms with E-state index in [0.29, 0.717) is 17.9 Å². The predicted octanol–water partition coefficient (Wildman–Crippen LogP) is 6.89. The van der Waals surface area contributed by atoms with Crippen LogP contribution in [0.1, 0.15) is 110 Å². The Morgan fingerprint density at radius 3 is 2.21 bits per heavy atom. The molecule has 1 aliphatic heterocycles. The molecule has 42 heavy (non-hydrogen) atoms. The molecule has 226 valence electrons. The number of carbonyl (C=O) groups is 1. The average Bonchev–Trinajstić information content (AvgIpc) is 3.34. The fourth-order valence-corrected chi connectivity index (χ4v) is 9.33. The number of amides is 1. The summed E-state index contributed by atoms with van der Waals surface area (Å²) < 4.78 is 35.5. The second kappa shape index (κ2) is 11.9. The van der Waals surface area contributed by atoms with Gasteiger partial charge >= 0.3 is 0 Å².